The standard InChI is InChI=1S/C25H33N3O2/c1-30-22-13-11-19(12-14-22)18-28-16-5-3-9-21(28)17-24(23-10-2-4-15-26-23)27-25(29)20-7-6-8-20/h2,4,10-15,20-21,24H,3,5-9,16-18H2,1H3,(H,27,29)/t21-,24+/m1/s1. The predicted molar refractivity (Wildman–Crippen MR) is 118 cm³/mol. The smallest absolute Gasteiger partial charge is 0.223 e. The Morgan fingerprint density at radius 2 is 1.97 bits per heavy atom. The zero-order valence-electron chi connectivity index (χ0n) is 17.9. The molecule has 5 nitrogen and oxygen atoms in total. The molecule has 4 rings (SSSR count). The van der Waals surface area contributed by atoms with Crippen molar-refractivity contribution in [2.45, 2.75) is 63.6 Å². The molecule has 30 heavy (non-hydrogen) atoms. The third-order valence-electron chi connectivity index (χ3n) is 6.64. The van der Waals surface area contributed by atoms with Gasteiger partial charge in [0.25, 0.3) is 0 Å². The number of hydrogen-bond donors (Lipinski definition) is 1. The summed E-state index contributed by atoms with van der Waals surface area (Å²) in [6, 6.07) is 14.8. The lowest BCUT2D eigenvalue weighted by molar-refractivity contribution is -0.128. The van der Waals surface area contributed by atoms with E-state index in [9.17, 15) is 4.79 Å². The summed E-state index contributed by atoms with van der Waals surface area (Å²) in [6.07, 6.45) is 9.59. The lowest BCUT2D eigenvalue weighted by Crippen LogP contribution is -2.44. The van der Waals surface area contributed by atoms with Gasteiger partial charge in [0, 0.05) is 24.7 Å². The molecule has 2 heterocycles. The van der Waals surface area contributed by atoms with Crippen LogP contribution >= 0.6 is 0 Å². The Morgan fingerprint density at radius 3 is 2.63 bits per heavy atom. The second kappa shape index (κ2) is 10.1. The fraction of sp³-hybridized carbons (Fsp3) is 0.520. The number of carbonyl (C=O) groups is 1. The summed E-state index contributed by atoms with van der Waals surface area (Å²) in [5.74, 6) is 1.29. The van der Waals surface area contributed by atoms with E-state index in [0.29, 0.717) is 6.04 Å². The van der Waals surface area contributed by atoms with E-state index in [1.165, 1.54) is 31.2 Å². The summed E-state index contributed by atoms with van der Waals surface area (Å²) in [5, 5.41) is 3.34. The molecule has 2 fully saturated rings. The maximum absolute atomic E-state index is 12.7. The highest BCUT2D eigenvalue weighted by atomic mass is 16.5. The highest BCUT2D eigenvalue weighted by Gasteiger charge is 2.31. The lowest BCUT2D eigenvalue weighted by atomic mass is 9.84. The number of rotatable bonds is 8. The van der Waals surface area contributed by atoms with E-state index in [2.05, 4.69) is 27.3 Å². The summed E-state index contributed by atoms with van der Waals surface area (Å²) in [7, 11) is 1.70. The molecule has 0 spiro atoms. The first kappa shape index (κ1) is 20.9. The van der Waals surface area contributed by atoms with Crippen molar-refractivity contribution in [2.75, 3.05) is 13.7 Å². The van der Waals surface area contributed by atoms with Crippen LogP contribution in [0.5, 0.6) is 5.75 Å². The molecule has 1 amide bonds. The van der Waals surface area contributed by atoms with Gasteiger partial charge in [-0.05, 0) is 68.5 Å². The number of pyridine rings is 1. The van der Waals surface area contributed by atoms with Crippen molar-refractivity contribution in [3.8, 4) is 5.75 Å². The minimum Gasteiger partial charge on any atom is -0.497 e. The Kier molecular flexibility index (Phi) is 7.00. The molecule has 0 radical (unpaired) electrons. The van der Waals surface area contributed by atoms with Gasteiger partial charge in [-0.15, -0.1) is 0 Å². The Bertz CT molecular complexity index is 805. The van der Waals surface area contributed by atoms with Crippen LogP contribution in [0.1, 0.15) is 62.2 Å². The molecule has 1 saturated heterocycles. The molecule has 1 aliphatic heterocycles. The zero-order chi connectivity index (χ0) is 20.8. The van der Waals surface area contributed by atoms with Crippen molar-refractivity contribution in [1.82, 2.24) is 15.2 Å². The van der Waals surface area contributed by atoms with Crippen molar-refractivity contribution in [3.05, 3.63) is 59.9 Å². The Hall–Kier alpha value is -2.40. The van der Waals surface area contributed by atoms with Gasteiger partial charge in [0.15, 0.2) is 0 Å². The van der Waals surface area contributed by atoms with E-state index in [-0.39, 0.29) is 17.9 Å². The molecular formula is C25H33N3O2. The number of nitrogens with one attached hydrogen (secondary N) is 1. The summed E-state index contributed by atoms with van der Waals surface area (Å²) in [5.41, 5.74) is 2.27. The van der Waals surface area contributed by atoms with Gasteiger partial charge in [-0.25, -0.2) is 0 Å². The van der Waals surface area contributed by atoms with E-state index in [1.807, 2.05) is 36.5 Å². The molecule has 1 N–H and O–H groups in total. The van der Waals surface area contributed by atoms with E-state index in [1.54, 1.807) is 7.11 Å². The van der Waals surface area contributed by atoms with Crippen molar-refractivity contribution in [3.63, 3.8) is 0 Å². The number of ether oxygens (including phenoxy) is 1. The predicted octanol–water partition coefficient (Wildman–Crippen LogP) is 4.49. The van der Waals surface area contributed by atoms with Gasteiger partial charge in [-0.1, -0.05) is 31.0 Å². The first-order valence-corrected chi connectivity index (χ1v) is 11.3. The number of benzene rings is 1. The maximum atomic E-state index is 12.7. The second-order valence-electron chi connectivity index (χ2n) is 8.65. The van der Waals surface area contributed by atoms with Crippen LogP contribution in [0.2, 0.25) is 0 Å². The van der Waals surface area contributed by atoms with Gasteiger partial charge in [-0.3, -0.25) is 14.7 Å². The number of methoxy groups -OCH3 is 1. The summed E-state index contributed by atoms with van der Waals surface area (Å²) >= 11 is 0. The van der Waals surface area contributed by atoms with Crippen molar-refractivity contribution >= 4 is 5.91 Å². The van der Waals surface area contributed by atoms with Crippen LogP contribution < -0.4 is 10.1 Å². The number of amides is 1. The van der Waals surface area contributed by atoms with Crippen molar-refractivity contribution in [1.29, 1.82) is 0 Å². The Labute approximate surface area is 179 Å². The molecule has 2 atom stereocenters. The molecular weight excluding hydrogens is 374 g/mol. The van der Waals surface area contributed by atoms with Crippen LogP contribution in [-0.2, 0) is 11.3 Å². The van der Waals surface area contributed by atoms with Gasteiger partial charge in [0.2, 0.25) is 5.91 Å². The fourth-order valence-corrected chi connectivity index (χ4v) is 4.57. The molecule has 1 aromatic carbocycles. The van der Waals surface area contributed by atoms with E-state index in [0.717, 1.165) is 43.8 Å². The molecule has 5 heteroatoms. The SMILES string of the molecule is COc1ccc(CN2CCCC[C@@H]2C[C@H](NC(=O)C2CCC2)c2ccccn2)cc1. The average Bonchev–Trinajstić information content (AvgIpc) is 2.74. The lowest BCUT2D eigenvalue weighted by Gasteiger charge is -2.38. The highest BCUT2D eigenvalue weighted by Crippen LogP contribution is 2.30. The number of aromatic nitrogens is 1. The topological polar surface area (TPSA) is 54.5 Å². The number of piperidine rings is 1. The summed E-state index contributed by atoms with van der Waals surface area (Å²) < 4.78 is 5.29. The fourth-order valence-electron chi connectivity index (χ4n) is 4.57. The van der Waals surface area contributed by atoms with E-state index >= 15 is 0 Å². The van der Waals surface area contributed by atoms with Gasteiger partial charge in [0.05, 0.1) is 18.8 Å². The quantitative estimate of drug-likeness (QED) is 0.700. The molecule has 2 aromatic rings. The molecule has 1 aliphatic carbocycles. The number of likely N-dealkylation sites (tertiary alicyclic amines) is 1. The van der Waals surface area contributed by atoms with Crippen LogP contribution in [0.25, 0.3) is 0 Å². The van der Waals surface area contributed by atoms with E-state index < -0.39 is 0 Å². The first-order chi connectivity index (χ1) is 14.7. The molecule has 2 aliphatic rings. The largest absolute Gasteiger partial charge is 0.497 e. The third kappa shape index (κ3) is 5.20. The molecule has 0 unspecified atom stereocenters. The maximum Gasteiger partial charge on any atom is 0.223 e. The summed E-state index contributed by atoms with van der Waals surface area (Å²) in [6.45, 7) is 2.03. The van der Waals surface area contributed by atoms with Gasteiger partial charge >= 0.3 is 0 Å². The second-order valence-corrected chi connectivity index (χ2v) is 8.65. The number of hydrogen-bond acceptors (Lipinski definition) is 4. The third-order valence-corrected chi connectivity index (χ3v) is 6.64. The summed E-state index contributed by atoms with van der Waals surface area (Å²) in [4.78, 5) is 19.9. The molecule has 1 saturated carbocycles. The zero-order valence-corrected chi connectivity index (χ0v) is 17.9. The Balaban J connectivity index is 1.46. The van der Waals surface area contributed by atoms with Crippen LogP contribution in [0.15, 0.2) is 48.7 Å². The Morgan fingerprint density at radius 1 is 1.13 bits per heavy atom. The monoisotopic (exact) mass is 407 g/mol. The first-order valence-electron chi connectivity index (χ1n) is 11.3. The minimum absolute atomic E-state index is 0.0271. The number of carbonyl (C=O) groups excluding carboxylic acids is 1. The normalized spacial score (nSPS) is 20.9. The number of nitrogens with zero attached hydrogens (tertiary/aromatic N) is 2. The van der Waals surface area contributed by atoms with Gasteiger partial charge in [0.1, 0.15) is 5.75 Å². The van der Waals surface area contributed by atoms with Crippen LogP contribution in [0.4, 0.5) is 0 Å². The van der Waals surface area contributed by atoms with Crippen molar-refractivity contribution in [2.24, 2.45) is 5.92 Å². The van der Waals surface area contributed by atoms with Crippen molar-refractivity contribution < 1.29 is 9.53 Å². The minimum atomic E-state index is -0.0271. The average molecular weight is 408 g/mol. The highest BCUT2D eigenvalue weighted by molar-refractivity contribution is 5.79. The van der Waals surface area contributed by atoms with Gasteiger partial charge in [-0.2, -0.15) is 0 Å². The van der Waals surface area contributed by atoms with Gasteiger partial charge < -0.3 is 10.1 Å². The molecule has 0 bridgehead atoms. The molecule has 160 valence electrons. The van der Waals surface area contributed by atoms with Crippen LogP contribution in [-0.4, -0.2) is 35.5 Å². The molecule has 1 aromatic heterocycles. The van der Waals surface area contributed by atoms with Crippen LogP contribution in [0.3, 0.4) is 0 Å². The van der Waals surface area contributed by atoms with E-state index in [4.69, 9.17) is 4.74 Å². The van der Waals surface area contributed by atoms with Crippen LogP contribution in [0, 0.1) is 5.92 Å².